The van der Waals surface area contributed by atoms with Gasteiger partial charge in [0.2, 0.25) is 0 Å². The average molecular weight is 328 g/mol. The maximum absolute atomic E-state index is 12.2. The van der Waals surface area contributed by atoms with E-state index >= 15 is 0 Å². The fraction of sp³-hybridized carbons (Fsp3) is 0.0667. The van der Waals surface area contributed by atoms with E-state index in [1.165, 1.54) is 6.07 Å². The minimum atomic E-state index is -0.303. The van der Waals surface area contributed by atoms with Gasteiger partial charge in [-0.25, -0.2) is 0 Å². The number of nitrogens with zero attached hydrogens (tertiary/aromatic N) is 1. The first kappa shape index (κ1) is 16.4. The van der Waals surface area contributed by atoms with Crippen molar-refractivity contribution in [3.05, 3.63) is 53.1 Å². The van der Waals surface area contributed by atoms with E-state index in [2.05, 4.69) is 22.1 Å². The molecule has 0 aromatic heterocycles. The van der Waals surface area contributed by atoms with Gasteiger partial charge in [0.05, 0.1) is 11.4 Å². The number of hydrogen-bond donors (Lipinski definition) is 5. The molecule has 0 aliphatic heterocycles. The summed E-state index contributed by atoms with van der Waals surface area (Å²) in [4.78, 5) is 12.2. The maximum atomic E-state index is 12.2. The molecule has 2 aromatic carbocycles. The van der Waals surface area contributed by atoms with Crippen LogP contribution in [0.2, 0.25) is 0 Å². The summed E-state index contributed by atoms with van der Waals surface area (Å²) in [6, 6.07) is 9.79. The zero-order chi connectivity index (χ0) is 17.0. The van der Waals surface area contributed by atoms with Gasteiger partial charge in [-0.1, -0.05) is 6.07 Å². The van der Waals surface area contributed by atoms with E-state index in [0.29, 0.717) is 34.7 Å². The Morgan fingerprint density at radius 2 is 1.91 bits per heavy atom. The molecule has 0 fully saturated rings. The molecule has 8 N–H and O–H groups in total. The molecule has 1 amide bonds. The number of nitrogens with two attached hydrogens (primary N) is 3. The van der Waals surface area contributed by atoms with Gasteiger partial charge in [-0.15, -0.1) is 0 Å². The van der Waals surface area contributed by atoms with E-state index in [1.54, 1.807) is 30.3 Å². The van der Waals surface area contributed by atoms with Crippen molar-refractivity contribution in [2.45, 2.75) is 6.54 Å². The molecule has 0 bridgehead atoms. The second kappa shape index (κ2) is 6.84. The molecule has 0 unspecified atom stereocenters. The number of benzene rings is 2. The third kappa shape index (κ3) is 3.80. The monoisotopic (exact) mass is 328 g/mol. The van der Waals surface area contributed by atoms with Crippen molar-refractivity contribution < 1.29 is 4.79 Å². The quantitative estimate of drug-likeness (QED) is 0.320. The summed E-state index contributed by atoms with van der Waals surface area (Å²) < 4.78 is 3.62. The van der Waals surface area contributed by atoms with Gasteiger partial charge in [0.1, 0.15) is 5.84 Å². The van der Waals surface area contributed by atoms with Gasteiger partial charge in [-0.3, -0.25) is 10.2 Å². The normalized spacial score (nSPS) is 10.1. The molecular formula is C15H16N6OS. The molecule has 0 spiro atoms. The summed E-state index contributed by atoms with van der Waals surface area (Å²) in [5.74, 6) is -0.490. The lowest BCUT2D eigenvalue weighted by Gasteiger charge is -2.09. The highest BCUT2D eigenvalue weighted by Crippen LogP contribution is 2.22. The van der Waals surface area contributed by atoms with E-state index in [4.69, 9.17) is 22.6 Å². The van der Waals surface area contributed by atoms with Crippen LogP contribution in [0, 0.1) is 5.41 Å². The Balaban J connectivity index is 2.11. The van der Waals surface area contributed by atoms with Crippen molar-refractivity contribution in [3.8, 4) is 0 Å². The highest BCUT2D eigenvalue weighted by atomic mass is 32.1. The SMILES string of the molecule is N=C(N)c1cc(C(=O)NCc2ccc(N=S)c(N)c2)ccc1N. The number of amidine groups is 1. The Bertz CT molecular complexity index is 790. The van der Waals surface area contributed by atoms with Crippen molar-refractivity contribution in [2.24, 2.45) is 10.1 Å². The molecule has 0 atom stereocenters. The Morgan fingerprint density at radius 1 is 1.17 bits per heavy atom. The zero-order valence-corrected chi connectivity index (χ0v) is 13.0. The number of carbonyl (C=O) groups is 1. The molecule has 118 valence electrons. The van der Waals surface area contributed by atoms with E-state index in [-0.39, 0.29) is 11.7 Å². The Hall–Kier alpha value is -3.00. The van der Waals surface area contributed by atoms with Gasteiger partial charge in [0.15, 0.2) is 0 Å². The minimum absolute atomic E-state index is 0.187. The smallest absolute Gasteiger partial charge is 0.251 e. The molecule has 2 aromatic rings. The second-order valence-electron chi connectivity index (χ2n) is 4.88. The van der Waals surface area contributed by atoms with Gasteiger partial charge in [-0.05, 0) is 35.9 Å². The summed E-state index contributed by atoms with van der Waals surface area (Å²) in [5.41, 5.74) is 19.8. The van der Waals surface area contributed by atoms with Crippen LogP contribution < -0.4 is 22.5 Å². The van der Waals surface area contributed by atoms with Crippen LogP contribution in [0.3, 0.4) is 0 Å². The molecule has 0 saturated heterocycles. The number of nitrogens with one attached hydrogen (secondary N) is 2. The number of hydrogen-bond acceptors (Lipinski definition) is 6. The summed E-state index contributed by atoms with van der Waals surface area (Å²) in [5, 5.41) is 10.2. The predicted molar refractivity (Wildman–Crippen MR) is 93.3 cm³/mol. The van der Waals surface area contributed by atoms with Crippen molar-refractivity contribution in [1.29, 1.82) is 5.41 Å². The Kier molecular flexibility index (Phi) is 4.87. The van der Waals surface area contributed by atoms with E-state index < -0.39 is 0 Å². The first-order valence-electron chi connectivity index (χ1n) is 6.66. The van der Waals surface area contributed by atoms with Crippen LogP contribution in [-0.2, 0) is 19.0 Å². The number of anilines is 2. The van der Waals surface area contributed by atoms with Crippen molar-refractivity contribution in [3.63, 3.8) is 0 Å². The largest absolute Gasteiger partial charge is 0.398 e. The lowest BCUT2D eigenvalue weighted by molar-refractivity contribution is 0.0951. The predicted octanol–water partition coefficient (Wildman–Crippen LogP) is 1.43. The molecular weight excluding hydrogens is 312 g/mol. The van der Waals surface area contributed by atoms with Crippen LogP contribution >= 0.6 is 0 Å². The third-order valence-corrected chi connectivity index (χ3v) is 3.45. The van der Waals surface area contributed by atoms with Gasteiger partial charge in [0.25, 0.3) is 5.91 Å². The molecule has 0 aliphatic carbocycles. The second-order valence-corrected chi connectivity index (χ2v) is 5.07. The van der Waals surface area contributed by atoms with Gasteiger partial charge >= 0.3 is 0 Å². The minimum Gasteiger partial charge on any atom is -0.398 e. The summed E-state index contributed by atoms with van der Waals surface area (Å²) >= 11 is 4.60. The highest BCUT2D eigenvalue weighted by molar-refractivity contribution is 7.47. The topological polar surface area (TPSA) is 143 Å². The van der Waals surface area contributed by atoms with E-state index in [9.17, 15) is 4.79 Å². The Morgan fingerprint density at radius 3 is 2.52 bits per heavy atom. The molecule has 23 heavy (non-hydrogen) atoms. The van der Waals surface area contributed by atoms with Crippen LogP contribution in [-0.4, -0.2) is 11.7 Å². The van der Waals surface area contributed by atoms with Crippen LogP contribution in [0.25, 0.3) is 0 Å². The maximum Gasteiger partial charge on any atom is 0.251 e. The number of carbonyl (C=O) groups excluding carboxylic acids is 1. The number of amides is 1. The molecule has 0 heterocycles. The Labute approximate surface area is 138 Å². The van der Waals surface area contributed by atoms with Crippen LogP contribution in [0.1, 0.15) is 21.5 Å². The molecule has 0 aliphatic rings. The summed E-state index contributed by atoms with van der Waals surface area (Å²) in [6.07, 6.45) is 0. The third-order valence-electron chi connectivity index (χ3n) is 3.25. The lowest BCUT2D eigenvalue weighted by atomic mass is 10.1. The standard InChI is InChI=1S/C15H16N6OS/c16-11-3-2-9(6-10(11)14(18)19)15(22)20-7-8-1-4-13(21-23)12(17)5-8/h1-6H,7,16-17H2,(H3,18,19)(H,20,22). The van der Waals surface area contributed by atoms with Crippen molar-refractivity contribution in [1.82, 2.24) is 5.32 Å². The fourth-order valence-corrected chi connectivity index (χ4v) is 2.18. The average Bonchev–Trinajstić information content (AvgIpc) is 2.52. The van der Waals surface area contributed by atoms with Gasteiger partial charge in [-0.2, -0.15) is 4.36 Å². The van der Waals surface area contributed by atoms with E-state index in [1.807, 2.05) is 0 Å². The lowest BCUT2D eigenvalue weighted by Crippen LogP contribution is -2.24. The molecule has 7 nitrogen and oxygen atoms in total. The summed E-state index contributed by atoms with van der Waals surface area (Å²) in [6.45, 7) is 0.292. The van der Waals surface area contributed by atoms with Crippen molar-refractivity contribution >= 4 is 41.2 Å². The van der Waals surface area contributed by atoms with Gasteiger partial charge in [0, 0.05) is 35.8 Å². The molecule has 0 saturated carbocycles. The van der Waals surface area contributed by atoms with Gasteiger partial charge < -0.3 is 22.5 Å². The summed E-state index contributed by atoms with van der Waals surface area (Å²) in [7, 11) is 0. The first-order valence-corrected chi connectivity index (χ1v) is 7.02. The van der Waals surface area contributed by atoms with Crippen LogP contribution in [0.4, 0.5) is 17.1 Å². The van der Waals surface area contributed by atoms with Crippen molar-refractivity contribution in [2.75, 3.05) is 11.5 Å². The van der Waals surface area contributed by atoms with E-state index in [0.717, 1.165) is 5.56 Å². The first-order chi connectivity index (χ1) is 10.9. The molecule has 2 rings (SSSR count). The van der Waals surface area contributed by atoms with Crippen LogP contribution in [0.15, 0.2) is 40.8 Å². The number of rotatable bonds is 5. The number of nitrogen functional groups attached to an aromatic ring is 3. The zero-order valence-electron chi connectivity index (χ0n) is 12.2. The highest BCUT2D eigenvalue weighted by Gasteiger charge is 2.10. The molecule has 0 radical (unpaired) electrons. The fourth-order valence-electron chi connectivity index (χ4n) is 2.01. The van der Waals surface area contributed by atoms with Crippen LogP contribution in [0.5, 0.6) is 0 Å². The molecule has 8 heteroatoms.